The molecular formula is C28H18O3. The lowest BCUT2D eigenvalue weighted by atomic mass is 9.92. The minimum absolute atomic E-state index is 0.204. The maximum atomic E-state index is 13.2. The molecule has 148 valence electrons. The van der Waals surface area contributed by atoms with Crippen LogP contribution in [0.15, 0.2) is 118 Å². The summed E-state index contributed by atoms with van der Waals surface area (Å²) in [6.07, 6.45) is 0. The van der Waals surface area contributed by atoms with Crippen LogP contribution in [0.1, 0.15) is 15.9 Å². The predicted octanol–water partition coefficient (Wildman–Crippen LogP) is 6.36. The van der Waals surface area contributed by atoms with Gasteiger partial charge in [-0.05, 0) is 5.56 Å². The molecular weight excluding hydrogens is 384 g/mol. The summed E-state index contributed by atoms with van der Waals surface area (Å²) in [7, 11) is 0. The number of ketones is 1. The van der Waals surface area contributed by atoms with Gasteiger partial charge in [0, 0.05) is 27.6 Å². The van der Waals surface area contributed by atoms with E-state index in [0.29, 0.717) is 27.7 Å². The summed E-state index contributed by atoms with van der Waals surface area (Å²) < 4.78 is 5.88. The van der Waals surface area contributed by atoms with E-state index in [0.717, 1.165) is 16.7 Å². The first-order chi connectivity index (χ1) is 15.2. The third-order valence-corrected chi connectivity index (χ3v) is 5.34. The molecule has 0 aliphatic rings. The second-order valence-corrected chi connectivity index (χ2v) is 7.25. The molecule has 3 nitrogen and oxygen atoms in total. The molecule has 0 N–H and O–H groups in total. The van der Waals surface area contributed by atoms with E-state index in [1.807, 2.05) is 91.0 Å². The first-order valence-corrected chi connectivity index (χ1v) is 10.0. The smallest absolute Gasteiger partial charge is 0.344 e. The summed E-state index contributed by atoms with van der Waals surface area (Å²) in [6.45, 7) is 0. The van der Waals surface area contributed by atoms with Crippen molar-refractivity contribution in [2.24, 2.45) is 0 Å². The van der Waals surface area contributed by atoms with Crippen molar-refractivity contribution >= 4 is 16.6 Å². The highest BCUT2D eigenvalue weighted by Crippen LogP contribution is 2.37. The average molecular weight is 402 g/mol. The summed E-state index contributed by atoms with van der Waals surface area (Å²) in [6, 6.07) is 33.7. The molecule has 0 fully saturated rings. The van der Waals surface area contributed by atoms with E-state index in [2.05, 4.69) is 0 Å². The van der Waals surface area contributed by atoms with Gasteiger partial charge in [-0.15, -0.1) is 0 Å². The largest absolute Gasteiger partial charge is 0.422 e. The van der Waals surface area contributed by atoms with Crippen LogP contribution in [0, 0.1) is 0 Å². The van der Waals surface area contributed by atoms with Gasteiger partial charge in [-0.25, -0.2) is 4.79 Å². The number of carbonyl (C=O) groups is 1. The van der Waals surface area contributed by atoms with Gasteiger partial charge in [-0.3, -0.25) is 4.79 Å². The van der Waals surface area contributed by atoms with E-state index in [-0.39, 0.29) is 5.78 Å². The molecule has 0 spiro atoms. The molecule has 0 atom stereocenters. The van der Waals surface area contributed by atoms with Crippen LogP contribution in [0.2, 0.25) is 0 Å². The van der Waals surface area contributed by atoms with E-state index >= 15 is 0 Å². The van der Waals surface area contributed by atoms with Gasteiger partial charge in [0.15, 0.2) is 5.78 Å². The lowest BCUT2D eigenvalue weighted by molar-refractivity contribution is 0.104. The second kappa shape index (κ2) is 7.88. The van der Waals surface area contributed by atoms with E-state index in [4.69, 9.17) is 4.42 Å². The van der Waals surface area contributed by atoms with Crippen molar-refractivity contribution in [3.63, 3.8) is 0 Å². The third kappa shape index (κ3) is 3.36. The van der Waals surface area contributed by atoms with E-state index < -0.39 is 5.63 Å². The highest BCUT2D eigenvalue weighted by molar-refractivity contribution is 6.18. The molecule has 0 saturated carbocycles. The number of hydrogen-bond acceptors (Lipinski definition) is 3. The molecule has 0 amide bonds. The lowest BCUT2D eigenvalue weighted by Crippen LogP contribution is -2.10. The fraction of sp³-hybridized carbons (Fsp3) is 0. The quantitative estimate of drug-likeness (QED) is 0.329. The zero-order valence-electron chi connectivity index (χ0n) is 16.6. The van der Waals surface area contributed by atoms with Crippen molar-refractivity contribution in [2.75, 3.05) is 0 Å². The second-order valence-electron chi connectivity index (χ2n) is 7.25. The Hall–Kier alpha value is -4.24. The Morgan fingerprint density at radius 2 is 1.19 bits per heavy atom. The molecule has 0 aliphatic heterocycles. The number of fused-ring (bicyclic) bond motifs is 1. The van der Waals surface area contributed by atoms with Crippen LogP contribution in [0.3, 0.4) is 0 Å². The van der Waals surface area contributed by atoms with Crippen LogP contribution in [-0.4, -0.2) is 5.78 Å². The van der Waals surface area contributed by atoms with Crippen molar-refractivity contribution in [1.29, 1.82) is 0 Å². The maximum Gasteiger partial charge on any atom is 0.344 e. The molecule has 0 aliphatic carbocycles. The Bertz CT molecular complexity index is 1430. The summed E-state index contributed by atoms with van der Waals surface area (Å²) in [5.74, 6) is 0.290. The van der Waals surface area contributed by atoms with E-state index in [1.165, 1.54) is 0 Å². The molecule has 4 aromatic carbocycles. The zero-order valence-corrected chi connectivity index (χ0v) is 16.6. The topological polar surface area (TPSA) is 47.3 Å². The van der Waals surface area contributed by atoms with Crippen LogP contribution < -0.4 is 5.63 Å². The molecule has 0 unspecified atom stereocenters. The predicted molar refractivity (Wildman–Crippen MR) is 123 cm³/mol. The minimum Gasteiger partial charge on any atom is -0.422 e. The van der Waals surface area contributed by atoms with Crippen molar-refractivity contribution in [1.82, 2.24) is 0 Å². The van der Waals surface area contributed by atoms with Gasteiger partial charge >= 0.3 is 5.63 Å². The minimum atomic E-state index is -0.520. The number of benzene rings is 4. The number of carbonyl (C=O) groups excluding carboxylic acids is 1. The first kappa shape index (κ1) is 18.8. The fourth-order valence-electron chi connectivity index (χ4n) is 3.92. The average Bonchev–Trinajstić information content (AvgIpc) is 2.84. The summed E-state index contributed by atoms with van der Waals surface area (Å²) >= 11 is 0. The molecule has 0 bridgehead atoms. The molecule has 31 heavy (non-hydrogen) atoms. The summed E-state index contributed by atoms with van der Waals surface area (Å²) in [5.41, 5.74) is 2.87. The maximum absolute atomic E-state index is 13.2. The van der Waals surface area contributed by atoms with Gasteiger partial charge in [0.25, 0.3) is 0 Å². The summed E-state index contributed by atoms with van der Waals surface area (Å²) in [4.78, 5) is 26.4. The monoisotopic (exact) mass is 402 g/mol. The van der Waals surface area contributed by atoms with Crippen molar-refractivity contribution in [3.05, 3.63) is 131 Å². The van der Waals surface area contributed by atoms with Crippen LogP contribution in [0.5, 0.6) is 0 Å². The molecule has 5 aromatic rings. The van der Waals surface area contributed by atoms with Crippen LogP contribution in [0.4, 0.5) is 0 Å². The first-order valence-electron chi connectivity index (χ1n) is 10.0. The Labute approximate surface area is 179 Å². The van der Waals surface area contributed by atoms with E-state index in [9.17, 15) is 9.59 Å². The van der Waals surface area contributed by atoms with Gasteiger partial charge in [0.05, 0.1) is 5.39 Å². The van der Waals surface area contributed by atoms with Gasteiger partial charge < -0.3 is 4.42 Å². The highest BCUT2D eigenvalue weighted by atomic mass is 16.4. The Balaban J connectivity index is 1.86. The van der Waals surface area contributed by atoms with Crippen molar-refractivity contribution < 1.29 is 9.21 Å². The van der Waals surface area contributed by atoms with Crippen LogP contribution >= 0.6 is 0 Å². The molecule has 1 heterocycles. The summed E-state index contributed by atoms with van der Waals surface area (Å²) in [5, 5.41) is 0.998. The van der Waals surface area contributed by atoms with Crippen molar-refractivity contribution in [3.8, 4) is 22.5 Å². The fourth-order valence-corrected chi connectivity index (χ4v) is 3.92. The zero-order chi connectivity index (χ0) is 21.2. The third-order valence-electron chi connectivity index (χ3n) is 5.34. The van der Waals surface area contributed by atoms with Gasteiger partial charge in [0.1, 0.15) is 5.76 Å². The highest BCUT2D eigenvalue weighted by Gasteiger charge is 2.22. The lowest BCUT2D eigenvalue weighted by Gasteiger charge is -2.14. The van der Waals surface area contributed by atoms with Gasteiger partial charge in [-0.2, -0.15) is 0 Å². The van der Waals surface area contributed by atoms with E-state index in [1.54, 1.807) is 18.2 Å². The molecule has 5 rings (SSSR count). The SMILES string of the molecule is O=C(c1ccccc1)c1cccc2c(-c3ccccc3)c(-c3ccccc3)oc(=O)c12. The van der Waals surface area contributed by atoms with Crippen LogP contribution in [-0.2, 0) is 0 Å². The van der Waals surface area contributed by atoms with Gasteiger partial charge in [-0.1, -0.05) is 109 Å². The molecule has 0 saturated heterocycles. The Morgan fingerprint density at radius 3 is 1.84 bits per heavy atom. The standard InChI is InChI=1S/C28H18O3/c29-26(20-13-6-2-7-14-20)23-18-10-17-22-24(19-11-4-1-5-12-19)27(31-28(30)25(22)23)21-15-8-3-9-16-21/h1-18H. The van der Waals surface area contributed by atoms with Crippen molar-refractivity contribution in [2.45, 2.75) is 0 Å². The van der Waals surface area contributed by atoms with Crippen LogP contribution in [0.25, 0.3) is 33.2 Å². The number of rotatable bonds is 4. The normalized spacial score (nSPS) is 10.8. The molecule has 0 radical (unpaired) electrons. The molecule has 3 heteroatoms. The Morgan fingerprint density at radius 1 is 0.613 bits per heavy atom. The number of hydrogen-bond donors (Lipinski definition) is 0. The molecule has 1 aromatic heterocycles. The Kier molecular flexibility index (Phi) is 4.77. The van der Waals surface area contributed by atoms with Gasteiger partial charge in [0.2, 0.25) is 0 Å².